The van der Waals surface area contributed by atoms with Gasteiger partial charge in [0.1, 0.15) is 31.3 Å². The molecule has 2 saturated heterocycles. The summed E-state index contributed by atoms with van der Waals surface area (Å²) in [4.78, 5) is 46.7. The maximum absolute atomic E-state index is 14.8. The van der Waals surface area contributed by atoms with E-state index in [0.717, 1.165) is 0 Å². The first-order valence-corrected chi connectivity index (χ1v) is 15.1. The van der Waals surface area contributed by atoms with Crippen molar-refractivity contribution in [3.05, 3.63) is 65.1 Å². The molecule has 13 nitrogen and oxygen atoms in total. The van der Waals surface area contributed by atoms with Crippen LogP contribution < -0.4 is 15.4 Å². The number of likely N-dealkylation sites (tertiary alicyclic amines) is 1. The molecule has 3 aromatic rings. The molecule has 47 heavy (non-hydrogen) atoms. The van der Waals surface area contributed by atoms with E-state index in [-0.39, 0.29) is 35.1 Å². The summed E-state index contributed by atoms with van der Waals surface area (Å²) in [5.74, 6) is -3.73. The number of rotatable bonds is 7. The van der Waals surface area contributed by atoms with E-state index >= 15 is 0 Å². The van der Waals surface area contributed by atoms with Gasteiger partial charge in [-0.2, -0.15) is 9.65 Å². The minimum atomic E-state index is -1.26. The molecule has 1 aromatic heterocycles. The Hall–Kier alpha value is -5.07. The highest BCUT2D eigenvalue weighted by Crippen LogP contribution is 2.30. The fourth-order valence-corrected chi connectivity index (χ4v) is 6.03. The van der Waals surface area contributed by atoms with Crippen molar-refractivity contribution in [2.75, 3.05) is 65.3 Å². The predicted octanol–water partition coefficient (Wildman–Crippen LogP) is 2.12. The Kier molecular flexibility index (Phi) is 9.45. The summed E-state index contributed by atoms with van der Waals surface area (Å²) in [5.41, 5.74) is 1.49. The zero-order valence-electron chi connectivity index (χ0n) is 26.6. The SMILES string of the molecule is Cc1cc(NC(=O)c2ncc(-c3ccc(OCC#N)c(F)c3F)n2C)ccc1C(=O)N1CCN(C(=O)N[C@H]2C[N+](C)(C)C[C@@H]2O)CC1. The number of hydrogen-bond donors (Lipinski definition) is 3. The Balaban J connectivity index is 1.19. The van der Waals surface area contributed by atoms with Gasteiger partial charge in [0, 0.05) is 50.0 Å². The van der Waals surface area contributed by atoms with Crippen molar-refractivity contribution < 1.29 is 37.5 Å². The number of piperazine rings is 1. The number of imidazole rings is 1. The number of carbonyl (C=O) groups is 3. The fraction of sp³-hybridized carbons (Fsp3) is 0.406. The molecule has 248 valence electrons. The molecule has 2 fully saturated rings. The molecule has 2 atom stereocenters. The molecule has 0 unspecified atom stereocenters. The average molecular weight is 652 g/mol. The number of aromatic nitrogens is 2. The van der Waals surface area contributed by atoms with Crippen molar-refractivity contribution in [3.8, 4) is 23.1 Å². The lowest BCUT2D eigenvalue weighted by Gasteiger charge is -2.35. The smallest absolute Gasteiger partial charge is 0.318 e. The number of urea groups is 1. The van der Waals surface area contributed by atoms with Crippen LogP contribution in [0, 0.1) is 29.9 Å². The second-order valence-electron chi connectivity index (χ2n) is 12.4. The lowest BCUT2D eigenvalue weighted by atomic mass is 10.1. The number of amides is 4. The van der Waals surface area contributed by atoms with Crippen molar-refractivity contribution >= 4 is 23.5 Å². The molecule has 0 saturated carbocycles. The van der Waals surface area contributed by atoms with Crippen molar-refractivity contribution in [3.63, 3.8) is 0 Å². The Morgan fingerprint density at radius 3 is 2.43 bits per heavy atom. The van der Waals surface area contributed by atoms with E-state index in [1.807, 2.05) is 14.1 Å². The number of aliphatic hydroxyl groups excluding tert-OH is 1. The first-order chi connectivity index (χ1) is 22.3. The van der Waals surface area contributed by atoms with Crippen LogP contribution in [0.2, 0.25) is 0 Å². The van der Waals surface area contributed by atoms with Crippen molar-refractivity contribution in [1.82, 2.24) is 24.7 Å². The first kappa shape index (κ1) is 33.3. The summed E-state index contributed by atoms with van der Waals surface area (Å²) in [6.45, 7) is 3.92. The monoisotopic (exact) mass is 651 g/mol. The Morgan fingerprint density at radius 2 is 1.79 bits per heavy atom. The highest BCUT2D eigenvalue weighted by molar-refractivity contribution is 6.03. The number of aryl methyl sites for hydroxylation is 1. The zero-order valence-corrected chi connectivity index (χ0v) is 26.6. The summed E-state index contributed by atoms with van der Waals surface area (Å²) in [7, 11) is 5.50. The van der Waals surface area contributed by atoms with Gasteiger partial charge in [-0.05, 0) is 42.8 Å². The molecule has 3 N–H and O–H groups in total. The van der Waals surface area contributed by atoms with Crippen LogP contribution in [0.5, 0.6) is 5.75 Å². The summed E-state index contributed by atoms with van der Waals surface area (Å²) < 4.78 is 36.1. The highest BCUT2D eigenvalue weighted by atomic mass is 19.2. The number of anilines is 1. The molecule has 2 aliphatic heterocycles. The molecule has 4 amide bonds. The summed E-state index contributed by atoms with van der Waals surface area (Å²) >= 11 is 0. The van der Waals surface area contributed by atoms with Crippen LogP contribution >= 0.6 is 0 Å². The van der Waals surface area contributed by atoms with Crippen LogP contribution in [-0.2, 0) is 7.05 Å². The number of aliphatic hydroxyl groups is 1. The molecular formula is C32H37F2N8O5+. The number of benzene rings is 2. The van der Waals surface area contributed by atoms with Crippen LogP contribution in [0.1, 0.15) is 26.5 Å². The van der Waals surface area contributed by atoms with Gasteiger partial charge < -0.3 is 39.3 Å². The number of ether oxygens (including phenoxy) is 1. The van der Waals surface area contributed by atoms with Crippen LogP contribution in [0.4, 0.5) is 19.3 Å². The molecule has 0 aliphatic carbocycles. The lowest BCUT2D eigenvalue weighted by molar-refractivity contribution is -0.879. The second-order valence-corrected chi connectivity index (χ2v) is 12.4. The summed E-state index contributed by atoms with van der Waals surface area (Å²) in [6, 6.07) is 8.45. The predicted molar refractivity (Wildman–Crippen MR) is 166 cm³/mol. The Bertz CT molecular complexity index is 1750. The molecular weight excluding hydrogens is 614 g/mol. The van der Waals surface area contributed by atoms with Gasteiger partial charge in [0.25, 0.3) is 11.8 Å². The van der Waals surface area contributed by atoms with Gasteiger partial charge in [0.15, 0.2) is 24.0 Å². The number of hydrogen-bond acceptors (Lipinski definition) is 7. The fourth-order valence-electron chi connectivity index (χ4n) is 6.03. The maximum atomic E-state index is 14.8. The normalized spacial score (nSPS) is 18.9. The minimum Gasteiger partial charge on any atom is -0.476 e. The number of nitriles is 1. The van der Waals surface area contributed by atoms with Gasteiger partial charge in [-0.1, -0.05) is 0 Å². The molecule has 0 spiro atoms. The standard InChI is InChI=1S/C32H36F2N8O5/c1-19-15-20(37-30(44)29-36-16-24(39(29)2)22-7-8-26(47-14-9-35)28(34)27(22)33)5-6-21(19)31(45)40-10-12-41(13-11-40)32(46)38-23-17-42(3,4)18-25(23)43/h5-8,15-16,23,25,43H,10-14,17-18H2,1-4H3,(H-,37,38,44,45,46)/p+1/t23-,25-/m0/s1. The lowest BCUT2D eigenvalue weighted by Crippen LogP contribution is -2.56. The number of quaternary nitrogens is 1. The average Bonchev–Trinajstić information content (AvgIpc) is 3.54. The van der Waals surface area contributed by atoms with Gasteiger partial charge in [-0.15, -0.1) is 0 Å². The zero-order chi connectivity index (χ0) is 34.0. The molecule has 0 bridgehead atoms. The third-order valence-corrected chi connectivity index (χ3v) is 8.52. The van der Waals surface area contributed by atoms with E-state index in [2.05, 4.69) is 15.6 Å². The van der Waals surface area contributed by atoms with Crippen LogP contribution in [0.3, 0.4) is 0 Å². The molecule has 0 radical (unpaired) electrons. The third kappa shape index (κ3) is 7.03. The van der Waals surface area contributed by atoms with E-state index in [9.17, 15) is 28.3 Å². The van der Waals surface area contributed by atoms with E-state index in [1.165, 1.54) is 29.9 Å². The van der Waals surface area contributed by atoms with E-state index in [0.29, 0.717) is 60.6 Å². The molecule has 2 aliphatic rings. The third-order valence-electron chi connectivity index (χ3n) is 8.52. The highest BCUT2D eigenvalue weighted by Gasteiger charge is 2.40. The number of carbonyl (C=O) groups excluding carboxylic acids is 3. The van der Waals surface area contributed by atoms with Gasteiger partial charge in [-0.3, -0.25) is 9.59 Å². The Morgan fingerprint density at radius 1 is 1.09 bits per heavy atom. The van der Waals surface area contributed by atoms with Crippen molar-refractivity contribution in [1.29, 1.82) is 5.26 Å². The molecule has 2 aromatic carbocycles. The van der Waals surface area contributed by atoms with Gasteiger partial charge in [0.05, 0.1) is 26.0 Å². The quantitative estimate of drug-likeness (QED) is 0.331. The minimum absolute atomic E-state index is 0.0606. The number of halogens is 2. The summed E-state index contributed by atoms with van der Waals surface area (Å²) in [5, 5.41) is 24.6. The van der Waals surface area contributed by atoms with Crippen LogP contribution in [0.25, 0.3) is 11.3 Å². The van der Waals surface area contributed by atoms with Crippen molar-refractivity contribution in [2.24, 2.45) is 7.05 Å². The topological polar surface area (TPSA) is 153 Å². The number of likely N-dealkylation sites (N-methyl/N-ethyl adjacent to an activating group) is 1. The molecule has 3 heterocycles. The largest absolute Gasteiger partial charge is 0.476 e. The van der Waals surface area contributed by atoms with Gasteiger partial charge >= 0.3 is 6.03 Å². The van der Waals surface area contributed by atoms with E-state index in [1.54, 1.807) is 41.0 Å². The Labute approximate surface area is 270 Å². The maximum Gasteiger partial charge on any atom is 0.318 e. The van der Waals surface area contributed by atoms with Crippen LogP contribution in [0.15, 0.2) is 36.5 Å². The first-order valence-electron chi connectivity index (χ1n) is 15.1. The van der Waals surface area contributed by atoms with E-state index in [4.69, 9.17) is 10.00 Å². The van der Waals surface area contributed by atoms with Gasteiger partial charge in [-0.25, -0.2) is 14.2 Å². The molecule has 15 heteroatoms. The van der Waals surface area contributed by atoms with Gasteiger partial charge in [0.2, 0.25) is 5.82 Å². The van der Waals surface area contributed by atoms with E-state index < -0.39 is 36.0 Å². The van der Waals surface area contributed by atoms with Crippen LogP contribution in [-0.4, -0.2) is 119 Å². The number of nitrogens with zero attached hydrogens (tertiary/aromatic N) is 6. The van der Waals surface area contributed by atoms with Crippen molar-refractivity contribution in [2.45, 2.75) is 19.1 Å². The second kappa shape index (κ2) is 13.3. The number of nitrogens with one attached hydrogen (secondary N) is 2. The summed E-state index contributed by atoms with van der Waals surface area (Å²) in [6.07, 6.45) is 0.641. The molecule has 5 rings (SSSR count).